The second-order valence-electron chi connectivity index (χ2n) is 7.19. The predicted octanol–water partition coefficient (Wildman–Crippen LogP) is 3.11. The maximum atomic E-state index is 12.5. The number of aliphatic carboxylic acids is 1. The van der Waals surface area contributed by atoms with E-state index in [4.69, 9.17) is 5.11 Å². The Kier molecular flexibility index (Phi) is 3.03. The van der Waals surface area contributed by atoms with Crippen LogP contribution in [0.3, 0.4) is 0 Å². The summed E-state index contributed by atoms with van der Waals surface area (Å²) in [5.41, 5.74) is 1.44. The number of carbonyl (C=O) groups is 2. The number of carboxylic acid groups (broad SMARTS) is 1. The van der Waals surface area contributed by atoms with E-state index in [1.54, 1.807) is 19.1 Å². The minimum Gasteiger partial charge on any atom is -0.481 e. The molecule has 4 rings (SSSR count). The zero-order valence-corrected chi connectivity index (χ0v) is 12.7. The van der Waals surface area contributed by atoms with Crippen molar-refractivity contribution in [3.05, 3.63) is 29.8 Å². The molecule has 5 unspecified atom stereocenters. The zero-order chi connectivity index (χ0) is 15.4. The molecule has 0 aliphatic heterocycles. The first-order valence-electron chi connectivity index (χ1n) is 8.20. The van der Waals surface area contributed by atoms with E-state index in [1.165, 1.54) is 19.3 Å². The molecule has 0 spiro atoms. The second kappa shape index (κ2) is 4.83. The molecule has 0 aromatic heterocycles. The number of carbonyl (C=O) groups excluding carboxylic acids is 1. The average molecular weight is 299 g/mol. The molecule has 1 amide bonds. The highest BCUT2D eigenvalue weighted by Crippen LogP contribution is 2.69. The number of anilines is 1. The van der Waals surface area contributed by atoms with Crippen LogP contribution in [-0.4, -0.2) is 17.0 Å². The van der Waals surface area contributed by atoms with Gasteiger partial charge >= 0.3 is 5.97 Å². The minimum absolute atomic E-state index is 0.131. The van der Waals surface area contributed by atoms with Crippen LogP contribution in [0.5, 0.6) is 0 Å². The number of hydrogen-bond acceptors (Lipinski definition) is 2. The molecule has 0 saturated heterocycles. The maximum absolute atomic E-state index is 12.5. The Balaban J connectivity index is 1.45. The van der Waals surface area contributed by atoms with E-state index in [1.807, 2.05) is 12.1 Å². The normalized spacial score (nSPS) is 35.8. The van der Waals surface area contributed by atoms with Crippen molar-refractivity contribution < 1.29 is 14.7 Å². The molecule has 2 bridgehead atoms. The van der Waals surface area contributed by atoms with E-state index in [0.717, 1.165) is 17.4 Å². The van der Waals surface area contributed by atoms with Crippen LogP contribution in [0.4, 0.5) is 5.69 Å². The third kappa shape index (κ3) is 2.04. The SMILES string of the molecule is CC(C(=O)O)c1cccc(NC(=O)C2C3C4CCC(C4)C23)c1. The Morgan fingerprint density at radius 3 is 2.55 bits per heavy atom. The third-order valence-electron chi connectivity index (χ3n) is 6.06. The van der Waals surface area contributed by atoms with Gasteiger partial charge < -0.3 is 10.4 Å². The van der Waals surface area contributed by atoms with Gasteiger partial charge in [0.15, 0.2) is 0 Å². The number of rotatable bonds is 4. The number of carboxylic acids is 1. The van der Waals surface area contributed by atoms with E-state index >= 15 is 0 Å². The number of fused-ring (bicyclic) bond motifs is 5. The van der Waals surface area contributed by atoms with Crippen LogP contribution in [0.1, 0.15) is 37.7 Å². The molecule has 2 N–H and O–H groups in total. The van der Waals surface area contributed by atoms with E-state index in [9.17, 15) is 9.59 Å². The third-order valence-corrected chi connectivity index (χ3v) is 6.06. The molecule has 1 aromatic carbocycles. The van der Waals surface area contributed by atoms with Crippen molar-refractivity contribution in [1.82, 2.24) is 0 Å². The number of hydrogen-bond donors (Lipinski definition) is 2. The smallest absolute Gasteiger partial charge is 0.310 e. The lowest BCUT2D eigenvalue weighted by atomic mass is 10.0. The molecule has 3 fully saturated rings. The maximum Gasteiger partial charge on any atom is 0.310 e. The fourth-order valence-corrected chi connectivity index (χ4v) is 4.93. The van der Waals surface area contributed by atoms with Gasteiger partial charge in [-0.15, -0.1) is 0 Å². The number of nitrogens with one attached hydrogen (secondary N) is 1. The largest absolute Gasteiger partial charge is 0.481 e. The molecule has 0 heterocycles. The van der Waals surface area contributed by atoms with Crippen molar-refractivity contribution in [2.75, 3.05) is 5.32 Å². The van der Waals surface area contributed by atoms with Crippen molar-refractivity contribution in [3.63, 3.8) is 0 Å². The van der Waals surface area contributed by atoms with Gasteiger partial charge in [0.25, 0.3) is 0 Å². The van der Waals surface area contributed by atoms with Crippen LogP contribution in [-0.2, 0) is 9.59 Å². The van der Waals surface area contributed by atoms with Crippen molar-refractivity contribution in [3.8, 4) is 0 Å². The standard InChI is InChI=1S/C18H21NO3/c1-9(18(21)22)10-3-2-4-13(8-10)19-17(20)16-14-11-5-6-12(7-11)15(14)16/h2-4,8-9,11-12,14-16H,5-7H2,1H3,(H,19,20)(H,21,22). The quantitative estimate of drug-likeness (QED) is 0.897. The molecule has 3 saturated carbocycles. The first kappa shape index (κ1) is 13.8. The van der Waals surface area contributed by atoms with Gasteiger partial charge in [0.1, 0.15) is 0 Å². The topological polar surface area (TPSA) is 66.4 Å². The summed E-state index contributed by atoms with van der Waals surface area (Å²) in [6, 6.07) is 7.22. The average Bonchev–Trinajstić information content (AvgIpc) is 2.95. The zero-order valence-electron chi connectivity index (χ0n) is 12.7. The summed E-state index contributed by atoms with van der Waals surface area (Å²) in [7, 11) is 0. The molecule has 1 aromatic rings. The summed E-state index contributed by atoms with van der Waals surface area (Å²) in [4.78, 5) is 23.6. The van der Waals surface area contributed by atoms with Crippen LogP contribution in [0.15, 0.2) is 24.3 Å². The molecule has 3 aliphatic carbocycles. The monoisotopic (exact) mass is 299 g/mol. The Morgan fingerprint density at radius 2 is 1.91 bits per heavy atom. The summed E-state index contributed by atoms with van der Waals surface area (Å²) >= 11 is 0. The molecule has 22 heavy (non-hydrogen) atoms. The summed E-state index contributed by atoms with van der Waals surface area (Å²) in [5, 5.41) is 12.1. The van der Waals surface area contributed by atoms with Gasteiger partial charge in [-0.1, -0.05) is 12.1 Å². The Bertz CT molecular complexity index is 625. The van der Waals surface area contributed by atoms with E-state index in [2.05, 4.69) is 5.32 Å². The van der Waals surface area contributed by atoms with Gasteiger partial charge in [-0.25, -0.2) is 0 Å². The van der Waals surface area contributed by atoms with Crippen LogP contribution >= 0.6 is 0 Å². The highest BCUT2D eigenvalue weighted by molar-refractivity contribution is 5.95. The van der Waals surface area contributed by atoms with Gasteiger partial charge in [0.2, 0.25) is 5.91 Å². The molecule has 5 atom stereocenters. The minimum atomic E-state index is -0.850. The first-order chi connectivity index (χ1) is 10.6. The van der Waals surface area contributed by atoms with Crippen molar-refractivity contribution in [2.24, 2.45) is 29.6 Å². The fourth-order valence-electron chi connectivity index (χ4n) is 4.93. The number of amides is 1. The van der Waals surface area contributed by atoms with Crippen LogP contribution in [0, 0.1) is 29.6 Å². The predicted molar refractivity (Wildman–Crippen MR) is 82.4 cm³/mol. The lowest BCUT2D eigenvalue weighted by Crippen LogP contribution is -2.18. The lowest BCUT2D eigenvalue weighted by molar-refractivity contribution is -0.138. The molecule has 0 radical (unpaired) electrons. The molecule has 4 nitrogen and oxygen atoms in total. The van der Waals surface area contributed by atoms with E-state index in [0.29, 0.717) is 17.5 Å². The van der Waals surface area contributed by atoms with E-state index < -0.39 is 11.9 Å². The summed E-state index contributed by atoms with van der Waals surface area (Å²) < 4.78 is 0. The van der Waals surface area contributed by atoms with Gasteiger partial charge in [0, 0.05) is 11.6 Å². The fraction of sp³-hybridized carbons (Fsp3) is 0.556. The number of benzene rings is 1. The second-order valence-corrected chi connectivity index (χ2v) is 7.19. The summed E-state index contributed by atoms with van der Waals surface area (Å²) in [5.74, 6) is 1.73. The van der Waals surface area contributed by atoms with Gasteiger partial charge in [-0.05, 0) is 67.6 Å². The Hall–Kier alpha value is -1.84. The van der Waals surface area contributed by atoms with Crippen LogP contribution < -0.4 is 5.32 Å². The molecular formula is C18H21NO3. The Labute approximate surface area is 129 Å². The summed E-state index contributed by atoms with van der Waals surface area (Å²) in [6.07, 6.45) is 3.95. The van der Waals surface area contributed by atoms with Crippen LogP contribution in [0.2, 0.25) is 0 Å². The summed E-state index contributed by atoms with van der Waals surface area (Å²) in [6.45, 7) is 1.66. The first-order valence-corrected chi connectivity index (χ1v) is 8.20. The van der Waals surface area contributed by atoms with E-state index in [-0.39, 0.29) is 11.8 Å². The van der Waals surface area contributed by atoms with Crippen molar-refractivity contribution >= 4 is 17.6 Å². The van der Waals surface area contributed by atoms with Gasteiger partial charge in [-0.3, -0.25) is 9.59 Å². The van der Waals surface area contributed by atoms with Gasteiger partial charge in [0.05, 0.1) is 5.92 Å². The van der Waals surface area contributed by atoms with Crippen molar-refractivity contribution in [1.29, 1.82) is 0 Å². The molecular weight excluding hydrogens is 278 g/mol. The highest BCUT2D eigenvalue weighted by Gasteiger charge is 2.67. The van der Waals surface area contributed by atoms with Gasteiger partial charge in [-0.2, -0.15) is 0 Å². The van der Waals surface area contributed by atoms with Crippen molar-refractivity contribution in [2.45, 2.75) is 32.1 Å². The van der Waals surface area contributed by atoms with Crippen LogP contribution in [0.25, 0.3) is 0 Å². The molecule has 116 valence electrons. The lowest BCUT2D eigenvalue weighted by Gasteiger charge is -2.12. The Morgan fingerprint density at radius 1 is 1.23 bits per heavy atom. The molecule has 4 heteroatoms. The highest BCUT2D eigenvalue weighted by atomic mass is 16.4. The molecule has 3 aliphatic rings.